The van der Waals surface area contributed by atoms with Gasteiger partial charge in [0.1, 0.15) is 28.0 Å². The highest BCUT2D eigenvalue weighted by Gasteiger charge is 2.29. The molecule has 0 spiro atoms. The van der Waals surface area contributed by atoms with Gasteiger partial charge in [-0.3, -0.25) is 9.78 Å². The second-order valence-corrected chi connectivity index (χ2v) is 10.5. The minimum atomic E-state index is -0.643. The number of hydrogen-bond donors (Lipinski definition) is 3. The molecule has 8 nitrogen and oxygen atoms in total. The van der Waals surface area contributed by atoms with Crippen LogP contribution in [-0.2, 0) is 11.3 Å². The maximum Gasteiger partial charge on any atom is 0.225 e. The zero-order valence-corrected chi connectivity index (χ0v) is 22.0. The first-order valence-corrected chi connectivity index (χ1v) is 13.5. The van der Waals surface area contributed by atoms with E-state index >= 15 is 0 Å². The molecule has 1 amide bonds. The number of nitrogens with zero attached hydrogens (tertiary/aromatic N) is 4. The predicted octanol–water partition coefficient (Wildman–Crippen LogP) is 5.54. The summed E-state index contributed by atoms with van der Waals surface area (Å²) in [5, 5.41) is 7.03. The average molecular weight is 538 g/mol. The number of pyridine rings is 1. The fraction of sp³-hybridized carbons (Fsp3) is 0.370. The van der Waals surface area contributed by atoms with Crippen molar-refractivity contribution in [3.63, 3.8) is 0 Å². The van der Waals surface area contributed by atoms with E-state index in [9.17, 15) is 13.6 Å². The molecular formula is C27H29F2N7OS. The lowest BCUT2D eigenvalue weighted by atomic mass is 10.0. The summed E-state index contributed by atoms with van der Waals surface area (Å²) in [5.74, 6) is -0.687. The lowest BCUT2D eigenvalue weighted by molar-refractivity contribution is -0.122. The standard InChI is InChI=1S/C27H29F2N7OS/c1-3-15(24(30)37)9-11-32-25-21(26-35-23-20(38-26)10-12-31-22(23)16-7-8-16)14(2)34-27(36-25)33-13-17-18(28)5-4-6-19(17)29/h4-6,10,12,15-16H,3,7-9,11,13H2,1-2H3,(H2,30,37)(H2,32,33,34,36). The van der Waals surface area contributed by atoms with Crippen LogP contribution in [0.25, 0.3) is 20.8 Å². The summed E-state index contributed by atoms with van der Waals surface area (Å²) in [6.45, 7) is 4.10. The van der Waals surface area contributed by atoms with Crippen molar-refractivity contribution < 1.29 is 13.6 Å². The average Bonchev–Trinajstić information content (AvgIpc) is 3.64. The van der Waals surface area contributed by atoms with Crippen LogP contribution in [-0.4, -0.2) is 32.4 Å². The first kappa shape index (κ1) is 25.9. The molecule has 0 radical (unpaired) electrons. The van der Waals surface area contributed by atoms with Crippen LogP contribution in [0.15, 0.2) is 30.5 Å². The zero-order chi connectivity index (χ0) is 26.8. The Hall–Kier alpha value is -3.73. The number of thiazole rings is 1. The maximum atomic E-state index is 14.2. The zero-order valence-electron chi connectivity index (χ0n) is 21.2. The van der Waals surface area contributed by atoms with Crippen LogP contribution in [0, 0.1) is 24.5 Å². The molecule has 4 aromatic rings. The molecule has 1 fully saturated rings. The molecule has 3 aromatic heterocycles. The number of primary amides is 1. The van der Waals surface area contributed by atoms with Gasteiger partial charge in [0.2, 0.25) is 11.9 Å². The number of nitrogens with one attached hydrogen (secondary N) is 2. The number of rotatable bonds is 11. The van der Waals surface area contributed by atoms with Crippen molar-refractivity contribution in [2.24, 2.45) is 11.7 Å². The number of nitrogens with two attached hydrogens (primary N) is 1. The monoisotopic (exact) mass is 537 g/mol. The van der Waals surface area contributed by atoms with Crippen molar-refractivity contribution in [3.05, 3.63) is 59.0 Å². The highest BCUT2D eigenvalue weighted by molar-refractivity contribution is 7.21. The van der Waals surface area contributed by atoms with Crippen LogP contribution in [0.5, 0.6) is 0 Å². The van der Waals surface area contributed by atoms with Gasteiger partial charge in [-0.25, -0.2) is 18.7 Å². The molecule has 11 heteroatoms. The van der Waals surface area contributed by atoms with E-state index < -0.39 is 11.6 Å². The van der Waals surface area contributed by atoms with Crippen molar-refractivity contribution in [3.8, 4) is 10.6 Å². The molecule has 38 heavy (non-hydrogen) atoms. The third-order valence-corrected chi connectivity index (χ3v) is 7.81. The number of aromatic nitrogens is 4. The van der Waals surface area contributed by atoms with E-state index in [2.05, 4.69) is 25.6 Å². The molecule has 4 N–H and O–H groups in total. The molecule has 0 bridgehead atoms. The molecule has 1 atom stereocenters. The number of carbonyl (C=O) groups is 1. The molecule has 1 aliphatic carbocycles. The van der Waals surface area contributed by atoms with E-state index in [0.29, 0.717) is 36.8 Å². The number of hydrogen-bond acceptors (Lipinski definition) is 8. The summed E-state index contributed by atoms with van der Waals surface area (Å²) in [5.41, 5.74) is 8.75. The summed E-state index contributed by atoms with van der Waals surface area (Å²) < 4.78 is 29.3. The molecule has 1 saturated carbocycles. The number of aryl methyl sites for hydroxylation is 1. The first-order valence-electron chi connectivity index (χ1n) is 12.7. The Morgan fingerprint density at radius 3 is 2.61 bits per heavy atom. The van der Waals surface area contributed by atoms with E-state index in [4.69, 9.17) is 10.7 Å². The SMILES string of the molecule is CCC(CCNc1nc(NCc2c(F)cccc2F)nc(C)c1-c1nc2c(C3CC3)nccc2s1)C(N)=O. The van der Waals surface area contributed by atoms with Crippen molar-refractivity contribution in [1.82, 2.24) is 19.9 Å². The van der Waals surface area contributed by atoms with E-state index in [1.807, 2.05) is 26.1 Å². The normalized spacial score (nSPS) is 14.0. The summed E-state index contributed by atoms with van der Waals surface area (Å²) in [4.78, 5) is 30.5. The molecule has 0 aliphatic heterocycles. The van der Waals surface area contributed by atoms with Crippen molar-refractivity contribution in [1.29, 1.82) is 0 Å². The van der Waals surface area contributed by atoms with Crippen molar-refractivity contribution in [2.45, 2.75) is 52.0 Å². The van der Waals surface area contributed by atoms with Gasteiger partial charge in [-0.05, 0) is 50.8 Å². The van der Waals surface area contributed by atoms with Crippen LogP contribution >= 0.6 is 11.3 Å². The van der Waals surface area contributed by atoms with Crippen LogP contribution in [0.3, 0.4) is 0 Å². The summed E-state index contributed by atoms with van der Waals surface area (Å²) in [6.07, 6.45) is 5.24. The van der Waals surface area contributed by atoms with E-state index in [0.717, 1.165) is 39.3 Å². The van der Waals surface area contributed by atoms with Gasteiger partial charge in [-0.1, -0.05) is 13.0 Å². The minimum Gasteiger partial charge on any atom is -0.369 e. The Bertz CT molecular complexity index is 1470. The summed E-state index contributed by atoms with van der Waals surface area (Å²) >= 11 is 1.54. The smallest absolute Gasteiger partial charge is 0.225 e. The van der Waals surface area contributed by atoms with E-state index in [-0.39, 0.29) is 29.9 Å². The molecule has 1 aliphatic rings. The lowest BCUT2D eigenvalue weighted by Crippen LogP contribution is -2.25. The van der Waals surface area contributed by atoms with Gasteiger partial charge in [0.15, 0.2) is 0 Å². The molecular weight excluding hydrogens is 508 g/mol. The number of fused-ring (bicyclic) bond motifs is 1. The molecule has 198 valence electrons. The fourth-order valence-electron chi connectivity index (χ4n) is 4.45. The number of anilines is 2. The lowest BCUT2D eigenvalue weighted by Gasteiger charge is -2.16. The quantitative estimate of drug-likeness (QED) is 0.230. The second kappa shape index (κ2) is 10.9. The van der Waals surface area contributed by atoms with Gasteiger partial charge in [0, 0.05) is 36.7 Å². The number of halogens is 2. The fourth-order valence-corrected chi connectivity index (χ4v) is 5.52. The Kier molecular flexibility index (Phi) is 7.46. The maximum absolute atomic E-state index is 14.2. The number of amides is 1. The van der Waals surface area contributed by atoms with Gasteiger partial charge in [-0.15, -0.1) is 11.3 Å². The largest absolute Gasteiger partial charge is 0.369 e. The van der Waals surface area contributed by atoms with Crippen molar-refractivity contribution in [2.75, 3.05) is 17.2 Å². The Labute approximate surface area is 223 Å². The Morgan fingerprint density at radius 2 is 1.92 bits per heavy atom. The number of carbonyl (C=O) groups excluding carboxylic acids is 1. The second-order valence-electron chi connectivity index (χ2n) is 9.47. The summed E-state index contributed by atoms with van der Waals surface area (Å²) in [6, 6.07) is 5.71. The van der Waals surface area contributed by atoms with Crippen LogP contribution < -0.4 is 16.4 Å². The molecule has 5 rings (SSSR count). The summed E-state index contributed by atoms with van der Waals surface area (Å²) in [7, 11) is 0. The highest BCUT2D eigenvalue weighted by atomic mass is 32.1. The van der Waals surface area contributed by atoms with E-state index in [1.54, 1.807) is 11.3 Å². The first-order chi connectivity index (χ1) is 18.4. The van der Waals surface area contributed by atoms with Gasteiger partial charge < -0.3 is 16.4 Å². The highest BCUT2D eigenvalue weighted by Crippen LogP contribution is 2.44. The van der Waals surface area contributed by atoms with Gasteiger partial charge in [0.25, 0.3) is 0 Å². The van der Waals surface area contributed by atoms with Crippen LogP contribution in [0.1, 0.15) is 55.5 Å². The van der Waals surface area contributed by atoms with Crippen LogP contribution in [0.2, 0.25) is 0 Å². The van der Waals surface area contributed by atoms with Gasteiger partial charge >= 0.3 is 0 Å². The Balaban J connectivity index is 1.48. The topological polar surface area (TPSA) is 119 Å². The molecule has 1 aromatic carbocycles. The predicted molar refractivity (Wildman–Crippen MR) is 145 cm³/mol. The minimum absolute atomic E-state index is 0.0918. The van der Waals surface area contributed by atoms with Gasteiger partial charge in [0.05, 0.1) is 21.7 Å². The third kappa shape index (κ3) is 5.42. The molecule has 0 saturated heterocycles. The van der Waals surface area contributed by atoms with E-state index in [1.165, 1.54) is 18.2 Å². The number of benzene rings is 1. The van der Waals surface area contributed by atoms with Gasteiger partial charge in [-0.2, -0.15) is 4.98 Å². The Morgan fingerprint density at radius 1 is 1.16 bits per heavy atom. The van der Waals surface area contributed by atoms with Crippen LogP contribution in [0.4, 0.5) is 20.5 Å². The molecule has 3 heterocycles. The van der Waals surface area contributed by atoms with Crippen molar-refractivity contribution >= 4 is 39.2 Å². The third-order valence-electron chi connectivity index (χ3n) is 6.77. The molecule has 1 unspecified atom stereocenters.